The number of benzene rings is 2. The number of rotatable bonds is 7. The van der Waals surface area contributed by atoms with Crippen LogP contribution in [-0.2, 0) is 10.0 Å². The molecule has 0 aromatic heterocycles. The maximum absolute atomic E-state index is 12.7. The Morgan fingerprint density at radius 1 is 1.09 bits per heavy atom. The molecular weight excluding hydrogens is 293 g/mol. The number of fused-ring (bicyclic) bond motifs is 1. The van der Waals surface area contributed by atoms with Gasteiger partial charge in [-0.2, -0.15) is 0 Å². The molecule has 0 saturated heterocycles. The molecule has 0 amide bonds. The first-order valence-corrected chi connectivity index (χ1v) is 9.24. The second kappa shape index (κ2) is 6.84. The zero-order chi connectivity index (χ0) is 16.2. The molecule has 3 nitrogen and oxygen atoms in total. The van der Waals surface area contributed by atoms with Gasteiger partial charge in [-0.05, 0) is 16.8 Å². The lowest BCUT2D eigenvalue weighted by Gasteiger charge is -2.26. The van der Waals surface area contributed by atoms with E-state index in [-0.39, 0.29) is 5.31 Å². The molecule has 22 heavy (non-hydrogen) atoms. The standard InChI is InChI=1S/C17H23BNO2S/c1-4-13-17(3,5-2)18-19-22(20,21)16-12-8-10-14-9-6-7-11-15(14)16/h6-12,19H,4-5,13H2,1-3H3. The highest BCUT2D eigenvalue weighted by molar-refractivity contribution is 7.90. The van der Waals surface area contributed by atoms with Crippen molar-refractivity contribution in [2.24, 2.45) is 0 Å². The molecule has 2 rings (SSSR count). The summed E-state index contributed by atoms with van der Waals surface area (Å²) >= 11 is 0. The van der Waals surface area contributed by atoms with Crippen molar-refractivity contribution in [1.29, 1.82) is 0 Å². The van der Waals surface area contributed by atoms with Crippen molar-refractivity contribution in [3.63, 3.8) is 0 Å². The predicted octanol–water partition coefficient (Wildman–Crippen LogP) is 4.13. The molecule has 117 valence electrons. The van der Waals surface area contributed by atoms with E-state index in [0.717, 1.165) is 30.0 Å². The molecule has 1 atom stereocenters. The second-order valence-corrected chi connectivity index (χ2v) is 7.68. The minimum absolute atomic E-state index is 0.119. The summed E-state index contributed by atoms with van der Waals surface area (Å²) in [4.78, 5) is 0.330. The number of hydrogen-bond acceptors (Lipinski definition) is 2. The quantitative estimate of drug-likeness (QED) is 0.781. The van der Waals surface area contributed by atoms with Crippen LogP contribution >= 0.6 is 0 Å². The lowest BCUT2D eigenvalue weighted by molar-refractivity contribution is 0.521. The van der Waals surface area contributed by atoms with Crippen molar-refractivity contribution in [3.05, 3.63) is 42.5 Å². The average molecular weight is 316 g/mol. The van der Waals surface area contributed by atoms with Gasteiger partial charge in [0.15, 0.2) is 0 Å². The smallest absolute Gasteiger partial charge is 0.232 e. The van der Waals surface area contributed by atoms with Crippen molar-refractivity contribution < 1.29 is 8.42 Å². The van der Waals surface area contributed by atoms with E-state index in [1.807, 2.05) is 30.3 Å². The molecule has 0 heterocycles. The molecule has 0 saturated carbocycles. The number of nitrogens with one attached hydrogen (secondary N) is 1. The van der Waals surface area contributed by atoms with E-state index in [2.05, 4.69) is 25.4 Å². The lowest BCUT2D eigenvalue weighted by atomic mass is 9.59. The highest BCUT2D eigenvalue weighted by atomic mass is 32.2. The van der Waals surface area contributed by atoms with Crippen LogP contribution in [0, 0.1) is 0 Å². The zero-order valence-corrected chi connectivity index (χ0v) is 14.3. The Morgan fingerprint density at radius 3 is 2.45 bits per heavy atom. The Balaban J connectivity index is 2.30. The van der Waals surface area contributed by atoms with Crippen LogP contribution in [0.2, 0.25) is 5.31 Å². The van der Waals surface area contributed by atoms with Gasteiger partial charge in [-0.1, -0.05) is 76.4 Å². The van der Waals surface area contributed by atoms with Gasteiger partial charge in [-0.15, -0.1) is 0 Å². The average Bonchev–Trinajstić information content (AvgIpc) is 2.53. The lowest BCUT2D eigenvalue weighted by Crippen LogP contribution is -2.35. The third-order valence-corrected chi connectivity index (χ3v) is 5.59. The minimum Gasteiger partial charge on any atom is -0.256 e. The topological polar surface area (TPSA) is 46.2 Å². The molecule has 5 heteroatoms. The van der Waals surface area contributed by atoms with Crippen LogP contribution in [0.3, 0.4) is 0 Å². The number of hydrogen-bond donors (Lipinski definition) is 1. The molecule has 0 bridgehead atoms. The Hall–Kier alpha value is -1.33. The fraction of sp³-hybridized carbons (Fsp3) is 0.412. The Labute approximate surface area is 134 Å². The van der Waals surface area contributed by atoms with E-state index < -0.39 is 10.0 Å². The van der Waals surface area contributed by atoms with Crippen LogP contribution in [0.1, 0.15) is 40.0 Å². The van der Waals surface area contributed by atoms with Crippen LogP contribution in [0.25, 0.3) is 10.8 Å². The van der Waals surface area contributed by atoms with Gasteiger partial charge in [0.1, 0.15) is 0 Å². The first-order valence-electron chi connectivity index (χ1n) is 7.76. The normalized spacial score (nSPS) is 14.7. The van der Waals surface area contributed by atoms with E-state index in [0.29, 0.717) is 4.90 Å². The Bertz CT molecular complexity index is 740. The summed E-state index contributed by atoms with van der Waals surface area (Å²) in [6.07, 6.45) is 2.89. The molecule has 2 aromatic carbocycles. The molecule has 0 aliphatic heterocycles. The summed E-state index contributed by atoms with van der Waals surface area (Å²) in [6, 6.07) is 12.9. The summed E-state index contributed by atoms with van der Waals surface area (Å²) in [5, 5.41) is 1.56. The van der Waals surface area contributed by atoms with E-state index >= 15 is 0 Å². The van der Waals surface area contributed by atoms with Crippen LogP contribution < -0.4 is 4.63 Å². The zero-order valence-electron chi connectivity index (χ0n) is 13.5. The molecule has 2 aromatic rings. The SMILES string of the molecule is CCCC(C)([B]NS(=O)(=O)c1cccc2ccccc12)CC. The van der Waals surface area contributed by atoms with Crippen molar-refractivity contribution in [1.82, 2.24) is 4.63 Å². The molecule has 0 spiro atoms. The van der Waals surface area contributed by atoms with Gasteiger partial charge in [0, 0.05) is 5.39 Å². The van der Waals surface area contributed by atoms with Crippen LogP contribution in [0.15, 0.2) is 47.4 Å². The van der Waals surface area contributed by atoms with E-state index in [1.54, 1.807) is 19.5 Å². The van der Waals surface area contributed by atoms with Gasteiger partial charge in [0.25, 0.3) is 0 Å². The first kappa shape index (κ1) is 17.0. The maximum Gasteiger partial charge on any atom is 0.232 e. The summed E-state index contributed by atoms with van der Waals surface area (Å²) in [6.45, 7) is 6.28. The Morgan fingerprint density at radius 2 is 1.77 bits per heavy atom. The molecule has 0 aliphatic rings. The highest BCUT2D eigenvalue weighted by Gasteiger charge is 2.27. The van der Waals surface area contributed by atoms with E-state index in [1.165, 1.54) is 0 Å². The van der Waals surface area contributed by atoms with Gasteiger partial charge in [-0.25, -0.2) is 8.42 Å². The highest BCUT2D eigenvalue weighted by Crippen LogP contribution is 2.33. The fourth-order valence-electron chi connectivity index (χ4n) is 2.64. The van der Waals surface area contributed by atoms with Gasteiger partial charge < -0.3 is 0 Å². The number of sulfonamides is 1. The fourth-order valence-corrected chi connectivity index (χ4v) is 3.94. The third-order valence-electron chi connectivity index (χ3n) is 4.23. The van der Waals surface area contributed by atoms with Gasteiger partial charge >= 0.3 is 0 Å². The Kier molecular flexibility index (Phi) is 5.30. The molecule has 1 unspecified atom stereocenters. The van der Waals surface area contributed by atoms with Gasteiger partial charge in [0.2, 0.25) is 17.4 Å². The summed E-state index contributed by atoms with van der Waals surface area (Å²) in [5.41, 5.74) is 0. The minimum atomic E-state index is -3.55. The summed E-state index contributed by atoms with van der Waals surface area (Å²) < 4.78 is 28.0. The molecule has 0 fully saturated rings. The van der Waals surface area contributed by atoms with Gasteiger partial charge in [-0.3, -0.25) is 4.63 Å². The first-order chi connectivity index (χ1) is 10.4. The van der Waals surface area contributed by atoms with E-state index in [9.17, 15) is 8.42 Å². The van der Waals surface area contributed by atoms with Crippen LogP contribution in [0.4, 0.5) is 0 Å². The van der Waals surface area contributed by atoms with Crippen molar-refractivity contribution in [2.45, 2.75) is 50.2 Å². The molecular formula is C17H23BNO2S. The summed E-state index contributed by atoms with van der Waals surface area (Å²) in [5.74, 6) is 0. The van der Waals surface area contributed by atoms with E-state index in [4.69, 9.17) is 0 Å². The summed E-state index contributed by atoms with van der Waals surface area (Å²) in [7, 11) is -1.81. The maximum atomic E-state index is 12.7. The molecule has 1 radical (unpaired) electrons. The third kappa shape index (κ3) is 3.71. The molecule has 1 N–H and O–H groups in total. The predicted molar refractivity (Wildman–Crippen MR) is 93.6 cm³/mol. The molecule has 0 aliphatic carbocycles. The van der Waals surface area contributed by atoms with Crippen molar-refractivity contribution >= 4 is 28.2 Å². The van der Waals surface area contributed by atoms with Gasteiger partial charge in [0.05, 0.1) is 4.90 Å². The second-order valence-electron chi connectivity index (χ2n) is 6.00. The van der Waals surface area contributed by atoms with Crippen LogP contribution in [-0.4, -0.2) is 15.8 Å². The monoisotopic (exact) mass is 316 g/mol. The largest absolute Gasteiger partial charge is 0.256 e. The van der Waals surface area contributed by atoms with Crippen molar-refractivity contribution in [3.8, 4) is 0 Å². The van der Waals surface area contributed by atoms with Crippen molar-refractivity contribution in [2.75, 3.05) is 0 Å². The van der Waals surface area contributed by atoms with Crippen LogP contribution in [0.5, 0.6) is 0 Å².